The number of fused-ring (bicyclic) bond motifs is 1. The summed E-state index contributed by atoms with van der Waals surface area (Å²) in [6, 6.07) is 17.5. The van der Waals surface area contributed by atoms with Gasteiger partial charge in [0.15, 0.2) is 0 Å². The zero-order valence-corrected chi connectivity index (χ0v) is 17.8. The summed E-state index contributed by atoms with van der Waals surface area (Å²) in [5, 5.41) is 5.15. The van der Waals surface area contributed by atoms with Gasteiger partial charge in [0.1, 0.15) is 0 Å². The average Bonchev–Trinajstić information content (AvgIpc) is 2.89. The second-order valence-electron chi connectivity index (χ2n) is 9.76. The van der Waals surface area contributed by atoms with Crippen molar-refractivity contribution in [3.63, 3.8) is 0 Å². The molecule has 144 valence electrons. The molecular weight excluding hydrogens is 328 g/mol. The summed E-state index contributed by atoms with van der Waals surface area (Å²) in [6.07, 6.45) is 3.47. The van der Waals surface area contributed by atoms with Crippen LogP contribution in [0, 0.1) is 12.3 Å². The van der Waals surface area contributed by atoms with Crippen molar-refractivity contribution >= 4 is 10.9 Å². The fourth-order valence-corrected chi connectivity index (χ4v) is 4.32. The molecule has 2 nitrogen and oxygen atoms in total. The molecule has 1 aromatic heterocycles. The zero-order chi connectivity index (χ0) is 19.7. The minimum atomic E-state index is 0.109. The van der Waals surface area contributed by atoms with Gasteiger partial charge in [-0.15, -0.1) is 0 Å². The van der Waals surface area contributed by atoms with Crippen molar-refractivity contribution in [3.8, 4) is 0 Å². The maximum atomic E-state index is 3.80. The quantitative estimate of drug-likeness (QED) is 0.544. The molecule has 0 unspecified atom stereocenters. The third-order valence-electron chi connectivity index (χ3n) is 5.04. The smallest absolute Gasteiger partial charge is 0.0486 e. The number of nitrogens with one attached hydrogen (secondary N) is 1. The predicted molar refractivity (Wildman–Crippen MR) is 117 cm³/mol. The Morgan fingerprint density at radius 1 is 0.926 bits per heavy atom. The normalized spacial score (nSPS) is 12.7. The molecule has 0 saturated heterocycles. The Morgan fingerprint density at radius 2 is 1.67 bits per heavy atom. The van der Waals surface area contributed by atoms with E-state index in [9.17, 15) is 0 Å². The second-order valence-corrected chi connectivity index (χ2v) is 9.76. The molecule has 1 N–H and O–H groups in total. The van der Waals surface area contributed by atoms with E-state index in [1.807, 2.05) is 0 Å². The van der Waals surface area contributed by atoms with Gasteiger partial charge in [-0.2, -0.15) is 0 Å². The first-order valence-electron chi connectivity index (χ1n) is 10.0. The maximum Gasteiger partial charge on any atom is 0.0486 e. The number of hydrogen-bond donors (Lipinski definition) is 1. The van der Waals surface area contributed by atoms with Gasteiger partial charge in [0.25, 0.3) is 0 Å². The maximum absolute atomic E-state index is 3.80. The number of aryl methyl sites for hydroxylation is 1. The molecule has 0 saturated carbocycles. The van der Waals surface area contributed by atoms with Crippen LogP contribution in [0.2, 0.25) is 0 Å². The minimum Gasteiger partial charge on any atom is -0.343 e. The van der Waals surface area contributed by atoms with Crippen LogP contribution in [-0.4, -0.2) is 10.1 Å². The highest BCUT2D eigenvalue weighted by Crippen LogP contribution is 2.28. The summed E-state index contributed by atoms with van der Waals surface area (Å²) < 4.78 is 2.39. The lowest BCUT2D eigenvalue weighted by atomic mass is 9.82. The van der Waals surface area contributed by atoms with Gasteiger partial charge in [0, 0.05) is 35.7 Å². The molecule has 3 aromatic rings. The molecule has 0 aliphatic heterocycles. The zero-order valence-electron chi connectivity index (χ0n) is 17.8. The van der Waals surface area contributed by atoms with Crippen LogP contribution in [0.15, 0.2) is 54.7 Å². The van der Waals surface area contributed by atoms with Crippen molar-refractivity contribution in [1.82, 2.24) is 9.88 Å². The van der Waals surface area contributed by atoms with Crippen molar-refractivity contribution in [3.05, 3.63) is 71.4 Å². The van der Waals surface area contributed by atoms with Crippen LogP contribution in [0.5, 0.6) is 0 Å². The largest absolute Gasteiger partial charge is 0.343 e. The molecule has 0 atom stereocenters. The molecule has 0 spiro atoms. The molecule has 0 radical (unpaired) electrons. The first-order valence-corrected chi connectivity index (χ1v) is 10.0. The summed E-state index contributed by atoms with van der Waals surface area (Å²) in [4.78, 5) is 0. The minimum absolute atomic E-state index is 0.109. The lowest BCUT2D eigenvalue weighted by Crippen LogP contribution is -2.41. The van der Waals surface area contributed by atoms with Gasteiger partial charge in [-0.25, -0.2) is 0 Å². The molecule has 27 heavy (non-hydrogen) atoms. The molecule has 3 rings (SSSR count). The van der Waals surface area contributed by atoms with E-state index in [0.29, 0.717) is 5.41 Å². The Hall–Kier alpha value is -2.06. The van der Waals surface area contributed by atoms with Crippen LogP contribution < -0.4 is 5.32 Å². The predicted octanol–water partition coefficient (Wildman–Crippen LogP) is 6.30. The van der Waals surface area contributed by atoms with E-state index in [2.05, 4.69) is 106 Å². The molecule has 2 aromatic carbocycles. The van der Waals surface area contributed by atoms with Gasteiger partial charge in [-0.05, 0) is 49.8 Å². The van der Waals surface area contributed by atoms with E-state index in [-0.39, 0.29) is 5.54 Å². The van der Waals surface area contributed by atoms with Crippen LogP contribution in [0.4, 0.5) is 0 Å². The second kappa shape index (κ2) is 7.52. The standard InChI is InChI=1S/C25H34N2/c1-19-10-9-11-20(14-19)16-27-17-21(22-12-7-8-13-23(22)27)15-26-25(5,6)18-24(2,3)4/h7-14,17,26H,15-16,18H2,1-6H3. The van der Waals surface area contributed by atoms with Crippen molar-refractivity contribution in [1.29, 1.82) is 0 Å². The van der Waals surface area contributed by atoms with Crippen molar-refractivity contribution in [2.45, 2.75) is 66.6 Å². The highest BCUT2D eigenvalue weighted by atomic mass is 15.0. The van der Waals surface area contributed by atoms with Crippen LogP contribution in [0.1, 0.15) is 57.7 Å². The Kier molecular flexibility index (Phi) is 5.48. The lowest BCUT2D eigenvalue weighted by molar-refractivity contribution is 0.241. The van der Waals surface area contributed by atoms with E-state index >= 15 is 0 Å². The number of para-hydroxylation sites is 1. The van der Waals surface area contributed by atoms with Gasteiger partial charge in [-0.1, -0.05) is 68.8 Å². The molecule has 1 heterocycles. The number of rotatable bonds is 6. The van der Waals surface area contributed by atoms with Crippen molar-refractivity contribution in [2.75, 3.05) is 0 Å². The van der Waals surface area contributed by atoms with Gasteiger partial charge in [-0.3, -0.25) is 0 Å². The number of aromatic nitrogens is 1. The molecular formula is C25H34N2. The summed E-state index contributed by atoms with van der Waals surface area (Å²) in [7, 11) is 0. The van der Waals surface area contributed by atoms with E-state index in [1.54, 1.807) is 0 Å². The van der Waals surface area contributed by atoms with Gasteiger partial charge in [0.05, 0.1) is 0 Å². The van der Waals surface area contributed by atoms with Gasteiger partial charge < -0.3 is 9.88 Å². The molecule has 0 amide bonds. The Labute approximate surface area is 164 Å². The molecule has 0 aliphatic rings. The van der Waals surface area contributed by atoms with Crippen molar-refractivity contribution < 1.29 is 0 Å². The first kappa shape index (κ1) is 19.7. The van der Waals surface area contributed by atoms with Crippen molar-refractivity contribution in [2.24, 2.45) is 5.41 Å². The Bertz CT molecular complexity index is 909. The highest BCUT2D eigenvalue weighted by molar-refractivity contribution is 5.84. The summed E-state index contributed by atoms with van der Waals surface area (Å²) in [5.41, 5.74) is 5.77. The monoisotopic (exact) mass is 362 g/mol. The SMILES string of the molecule is Cc1cccc(Cn2cc(CNC(C)(C)CC(C)(C)C)c3ccccc32)c1. The van der Waals surface area contributed by atoms with Gasteiger partial charge >= 0.3 is 0 Å². The third kappa shape index (κ3) is 5.23. The average molecular weight is 363 g/mol. The topological polar surface area (TPSA) is 17.0 Å². The fourth-order valence-electron chi connectivity index (χ4n) is 4.32. The van der Waals surface area contributed by atoms with E-state index in [0.717, 1.165) is 19.5 Å². The Balaban J connectivity index is 1.84. The molecule has 0 fully saturated rings. The highest BCUT2D eigenvalue weighted by Gasteiger charge is 2.25. The van der Waals surface area contributed by atoms with Crippen LogP contribution in [-0.2, 0) is 13.1 Å². The van der Waals surface area contributed by atoms with E-state index < -0.39 is 0 Å². The third-order valence-corrected chi connectivity index (χ3v) is 5.04. The lowest BCUT2D eigenvalue weighted by Gasteiger charge is -2.33. The van der Waals surface area contributed by atoms with E-state index in [1.165, 1.54) is 27.6 Å². The first-order chi connectivity index (χ1) is 12.6. The molecule has 0 aliphatic carbocycles. The molecule has 0 bridgehead atoms. The number of benzene rings is 2. The number of nitrogens with zero attached hydrogens (tertiary/aromatic N) is 1. The van der Waals surface area contributed by atoms with Gasteiger partial charge in [0.2, 0.25) is 0 Å². The number of hydrogen-bond acceptors (Lipinski definition) is 1. The van der Waals surface area contributed by atoms with E-state index in [4.69, 9.17) is 0 Å². The molecule has 2 heteroatoms. The summed E-state index contributed by atoms with van der Waals surface area (Å²) in [5.74, 6) is 0. The summed E-state index contributed by atoms with van der Waals surface area (Å²) in [6.45, 7) is 15.5. The summed E-state index contributed by atoms with van der Waals surface area (Å²) >= 11 is 0. The van der Waals surface area contributed by atoms with Crippen LogP contribution in [0.3, 0.4) is 0 Å². The van der Waals surface area contributed by atoms with Crippen LogP contribution in [0.25, 0.3) is 10.9 Å². The van der Waals surface area contributed by atoms with Crippen LogP contribution >= 0.6 is 0 Å². The Morgan fingerprint density at radius 3 is 2.37 bits per heavy atom. The fraction of sp³-hybridized carbons (Fsp3) is 0.440.